The van der Waals surface area contributed by atoms with E-state index in [4.69, 9.17) is 9.47 Å². The fourth-order valence-electron chi connectivity index (χ4n) is 3.62. The van der Waals surface area contributed by atoms with Gasteiger partial charge in [0.1, 0.15) is 0 Å². The number of nitrogens with zero attached hydrogens (tertiary/aromatic N) is 5. The van der Waals surface area contributed by atoms with Crippen LogP contribution in [0.5, 0.6) is 0 Å². The van der Waals surface area contributed by atoms with E-state index in [0.717, 1.165) is 39.0 Å². The third-order valence-corrected chi connectivity index (χ3v) is 5.30. The van der Waals surface area contributed by atoms with E-state index >= 15 is 0 Å². The maximum atomic E-state index is 12.7. The number of likely N-dealkylation sites (tertiary alicyclic amines) is 1. The first-order valence-corrected chi connectivity index (χ1v) is 8.98. The Balaban J connectivity index is 1.36. The molecule has 0 radical (unpaired) electrons. The van der Waals surface area contributed by atoms with Gasteiger partial charge in [-0.25, -0.2) is 9.97 Å². The molecule has 1 aromatic heterocycles. The molecule has 0 bridgehead atoms. The van der Waals surface area contributed by atoms with Gasteiger partial charge in [-0.15, -0.1) is 0 Å². The fourth-order valence-corrected chi connectivity index (χ4v) is 3.62. The molecule has 1 amide bonds. The van der Waals surface area contributed by atoms with E-state index in [1.165, 1.54) is 0 Å². The minimum absolute atomic E-state index is 0.0159. The minimum Gasteiger partial charge on any atom is -0.347 e. The molecule has 0 unspecified atom stereocenters. The molecule has 0 N–H and O–H groups in total. The van der Waals surface area contributed by atoms with Crippen LogP contribution in [0.4, 0.5) is 5.95 Å². The number of hydrogen-bond acceptors (Lipinski definition) is 7. The summed E-state index contributed by atoms with van der Waals surface area (Å²) >= 11 is 0. The van der Waals surface area contributed by atoms with Crippen molar-refractivity contribution in [1.29, 1.82) is 0 Å². The zero-order chi connectivity index (χ0) is 17.3. The van der Waals surface area contributed by atoms with Crippen LogP contribution in [0.25, 0.3) is 0 Å². The van der Waals surface area contributed by atoms with E-state index in [0.29, 0.717) is 37.8 Å². The molecular formula is C17H25N5O3. The minimum atomic E-state index is -0.460. The molecule has 136 valence electrons. The van der Waals surface area contributed by atoms with Gasteiger partial charge in [0.05, 0.1) is 18.8 Å². The number of ether oxygens (including phenoxy) is 2. The standard InChI is InChI=1S/C17H25N5O3/c1-20-6-8-22(9-7-20)16-18-12-14(13-19-16)15(23)21-4-2-17(3-5-21)24-10-11-25-17/h12-13H,2-11H2,1H3. The smallest absolute Gasteiger partial charge is 0.256 e. The SMILES string of the molecule is CN1CCN(c2ncc(C(=O)N3CCC4(CC3)OCCO4)cn2)CC1. The van der Waals surface area contributed by atoms with Crippen molar-refractivity contribution in [1.82, 2.24) is 19.8 Å². The highest BCUT2D eigenvalue weighted by Gasteiger charge is 2.40. The van der Waals surface area contributed by atoms with Gasteiger partial charge in [0, 0.05) is 64.5 Å². The Morgan fingerprint density at radius 3 is 2.20 bits per heavy atom. The molecule has 3 saturated heterocycles. The van der Waals surface area contributed by atoms with Crippen molar-refractivity contribution in [2.75, 3.05) is 64.4 Å². The maximum absolute atomic E-state index is 12.7. The first-order valence-electron chi connectivity index (χ1n) is 8.98. The van der Waals surface area contributed by atoms with Gasteiger partial charge in [-0.3, -0.25) is 4.79 Å². The summed E-state index contributed by atoms with van der Waals surface area (Å²) in [6.45, 7) is 6.41. The van der Waals surface area contributed by atoms with E-state index in [1.807, 2.05) is 4.90 Å². The summed E-state index contributed by atoms with van der Waals surface area (Å²) < 4.78 is 11.4. The first kappa shape index (κ1) is 16.7. The molecule has 3 aliphatic rings. The molecule has 3 aliphatic heterocycles. The maximum Gasteiger partial charge on any atom is 0.256 e. The Morgan fingerprint density at radius 1 is 1.00 bits per heavy atom. The summed E-state index contributed by atoms with van der Waals surface area (Å²) in [6.07, 6.45) is 4.74. The number of amides is 1. The average molecular weight is 347 g/mol. The van der Waals surface area contributed by atoms with Crippen molar-refractivity contribution in [2.45, 2.75) is 18.6 Å². The molecule has 25 heavy (non-hydrogen) atoms. The van der Waals surface area contributed by atoms with Gasteiger partial charge in [0.25, 0.3) is 5.91 Å². The van der Waals surface area contributed by atoms with Crippen LogP contribution < -0.4 is 4.90 Å². The van der Waals surface area contributed by atoms with E-state index in [9.17, 15) is 4.79 Å². The summed E-state index contributed by atoms with van der Waals surface area (Å²) in [7, 11) is 2.12. The van der Waals surface area contributed by atoms with Crippen molar-refractivity contribution in [3.8, 4) is 0 Å². The van der Waals surface area contributed by atoms with Crippen molar-refractivity contribution >= 4 is 11.9 Å². The van der Waals surface area contributed by atoms with Gasteiger partial charge in [-0.2, -0.15) is 0 Å². The van der Waals surface area contributed by atoms with Gasteiger partial charge >= 0.3 is 0 Å². The second kappa shape index (κ2) is 6.86. The van der Waals surface area contributed by atoms with Gasteiger partial charge in [0.15, 0.2) is 5.79 Å². The molecule has 4 rings (SSSR count). The van der Waals surface area contributed by atoms with Crippen molar-refractivity contribution in [2.24, 2.45) is 0 Å². The number of piperidine rings is 1. The van der Waals surface area contributed by atoms with E-state index < -0.39 is 5.79 Å². The van der Waals surface area contributed by atoms with Crippen LogP contribution in [0.2, 0.25) is 0 Å². The number of carbonyl (C=O) groups is 1. The third kappa shape index (κ3) is 3.47. The second-order valence-electron chi connectivity index (χ2n) is 6.96. The summed E-state index contributed by atoms with van der Waals surface area (Å²) in [5, 5.41) is 0. The predicted molar refractivity (Wildman–Crippen MR) is 91.5 cm³/mol. The number of piperazine rings is 1. The zero-order valence-electron chi connectivity index (χ0n) is 14.7. The normalized spacial score (nSPS) is 24.0. The van der Waals surface area contributed by atoms with Gasteiger partial charge in [-0.1, -0.05) is 0 Å². The highest BCUT2D eigenvalue weighted by Crippen LogP contribution is 2.31. The number of rotatable bonds is 2. The third-order valence-electron chi connectivity index (χ3n) is 5.30. The average Bonchev–Trinajstić information content (AvgIpc) is 3.11. The molecule has 0 saturated carbocycles. The van der Waals surface area contributed by atoms with Gasteiger partial charge in [0.2, 0.25) is 5.95 Å². The number of carbonyl (C=O) groups excluding carboxylic acids is 1. The lowest BCUT2D eigenvalue weighted by Crippen LogP contribution is -2.47. The number of anilines is 1. The summed E-state index contributed by atoms with van der Waals surface area (Å²) in [6, 6.07) is 0. The molecule has 1 aromatic rings. The van der Waals surface area contributed by atoms with Crippen LogP contribution in [0.1, 0.15) is 23.2 Å². The van der Waals surface area contributed by atoms with E-state index in [1.54, 1.807) is 12.4 Å². The van der Waals surface area contributed by atoms with Crippen LogP contribution in [-0.4, -0.2) is 91.0 Å². The second-order valence-corrected chi connectivity index (χ2v) is 6.96. The molecule has 8 nitrogen and oxygen atoms in total. The monoisotopic (exact) mass is 347 g/mol. The molecule has 0 atom stereocenters. The highest BCUT2D eigenvalue weighted by molar-refractivity contribution is 5.93. The first-order chi connectivity index (χ1) is 12.2. The lowest BCUT2D eigenvalue weighted by molar-refractivity contribution is -0.181. The Morgan fingerprint density at radius 2 is 1.60 bits per heavy atom. The van der Waals surface area contributed by atoms with Crippen molar-refractivity contribution < 1.29 is 14.3 Å². The molecule has 0 aromatic carbocycles. The quantitative estimate of drug-likeness (QED) is 0.757. The Hall–Kier alpha value is -1.77. The Bertz CT molecular complexity index is 599. The fraction of sp³-hybridized carbons (Fsp3) is 0.706. The van der Waals surface area contributed by atoms with Gasteiger partial charge in [-0.05, 0) is 7.05 Å². The molecule has 8 heteroatoms. The molecule has 1 spiro atoms. The van der Waals surface area contributed by atoms with Crippen LogP contribution in [0.15, 0.2) is 12.4 Å². The van der Waals surface area contributed by atoms with E-state index in [2.05, 4.69) is 26.8 Å². The summed E-state index contributed by atoms with van der Waals surface area (Å²) in [5.41, 5.74) is 0.544. The topological polar surface area (TPSA) is 71.0 Å². The van der Waals surface area contributed by atoms with Crippen LogP contribution in [-0.2, 0) is 9.47 Å². The Labute approximate surface area is 147 Å². The lowest BCUT2D eigenvalue weighted by atomic mass is 10.0. The van der Waals surface area contributed by atoms with E-state index in [-0.39, 0.29) is 5.91 Å². The van der Waals surface area contributed by atoms with Crippen LogP contribution in [0.3, 0.4) is 0 Å². The zero-order valence-corrected chi connectivity index (χ0v) is 14.7. The van der Waals surface area contributed by atoms with Crippen LogP contribution in [0, 0.1) is 0 Å². The van der Waals surface area contributed by atoms with Crippen LogP contribution >= 0.6 is 0 Å². The molecule has 0 aliphatic carbocycles. The number of likely N-dealkylation sites (N-methyl/N-ethyl adjacent to an activating group) is 1. The van der Waals surface area contributed by atoms with Crippen molar-refractivity contribution in [3.05, 3.63) is 18.0 Å². The van der Waals surface area contributed by atoms with Gasteiger partial charge < -0.3 is 24.2 Å². The summed E-state index contributed by atoms with van der Waals surface area (Å²) in [4.78, 5) is 27.8. The number of hydrogen-bond donors (Lipinski definition) is 0. The predicted octanol–water partition coefficient (Wildman–Crippen LogP) is 0.208. The Kier molecular flexibility index (Phi) is 4.58. The summed E-state index contributed by atoms with van der Waals surface area (Å²) in [5.74, 6) is 0.228. The van der Waals surface area contributed by atoms with Crippen molar-refractivity contribution in [3.63, 3.8) is 0 Å². The molecule has 4 heterocycles. The lowest BCUT2D eigenvalue weighted by Gasteiger charge is -2.37. The largest absolute Gasteiger partial charge is 0.347 e. The highest BCUT2D eigenvalue weighted by atomic mass is 16.7. The number of aromatic nitrogens is 2. The molecule has 3 fully saturated rings. The molecular weight excluding hydrogens is 322 g/mol.